The van der Waals surface area contributed by atoms with Crippen molar-refractivity contribution in [3.63, 3.8) is 0 Å². The SMILES string of the molecule is c1ccc(-c2cc(-c3cccc4c3oc3ccccc34)cc(-n3c4ccccc4c4c(-c5ccc6c7ccccc7n(-c7ccccc7)c6c5)cccc43)c2)cc1. The summed E-state index contributed by atoms with van der Waals surface area (Å²) in [6.07, 6.45) is 0. The van der Waals surface area contributed by atoms with Crippen LogP contribution in [0.3, 0.4) is 0 Å². The number of rotatable bonds is 5. The summed E-state index contributed by atoms with van der Waals surface area (Å²) in [5, 5.41) is 7.21. The van der Waals surface area contributed by atoms with Crippen molar-refractivity contribution in [2.45, 2.75) is 0 Å². The lowest BCUT2D eigenvalue weighted by molar-refractivity contribution is 0.670. The first kappa shape index (κ1) is 31.7. The molecule has 0 radical (unpaired) electrons. The summed E-state index contributed by atoms with van der Waals surface area (Å²) in [6.45, 7) is 0. The van der Waals surface area contributed by atoms with Gasteiger partial charge in [-0.2, -0.15) is 0 Å². The second kappa shape index (κ2) is 12.5. The molecule has 0 atom stereocenters. The Bertz CT molecular complexity index is 3510. The van der Waals surface area contributed by atoms with Crippen LogP contribution in [0.15, 0.2) is 211 Å². The standard InChI is InChI=1S/C54H34N2O/c1-3-15-35(16-4-1)37-31-38(42-23-13-24-46-45-20-9-12-28-52(45)57-54(42)46)33-40(32-37)56-49-26-11-8-21-47(49)53-41(22-14-27-50(53)56)36-29-30-44-43-19-7-10-25-48(43)55(51(44)34-36)39-17-5-2-6-18-39/h1-34H. The molecular weight excluding hydrogens is 693 g/mol. The Balaban J connectivity index is 1.12. The topological polar surface area (TPSA) is 23.0 Å². The maximum Gasteiger partial charge on any atom is 0.143 e. The number of benzene rings is 9. The number of para-hydroxylation sites is 5. The summed E-state index contributed by atoms with van der Waals surface area (Å²) in [4.78, 5) is 0. The van der Waals surface area contributed by atoms with Gasteiger partial charge in [0.05, 0.1) is 22.1 Å². The number of aromatic nitrogens is 2. The quantitative estimate of drug-likeness (QED) is 0.173. The summed E-state index contributed by atoms with van der Waals surface area (Å²) in [5.74, 6) is 0. The molecule has 0 aliphatic heterocycles. The van der Waals surface area contributed by atoms with Gasteiger partial charge in [-0.05, 0) is 88.5 Å². The van der Waals surface area contributed by atoms with Crippen LogP contribution >= 0.6 is 0 Å². The fourth-order valence-electron chi connectivity index (χ4n) is 9.20. The summed E-state index contributed by atoms with van der Waals surface area (Å²) in [6, 6.07) is 74.5. The minimum absolute atomic E-state index is 0.900. The highest BCUT2D eigenvalue weighted by molar-refractivity contribution is 6.17. The van der Waals surface area contributed by atoms with E-state index in [9.17, 15) is 0 Å². The molecule has 57 heavy (non-hydrogen) atoms. The number of hydrogen-bond donors (Lipinski definition) is 0. The van der Waals surface area contributed by atoms with Crippen LogP contribution in [0.2, 0.25) is 0 Å². The van der Waals surface area contributed by atoms with Crippen molar-refractivity contribution < 1.29 is 4.42 Å². The van der Waals surface area contributed by atoms with Crippen molar-refractivity contribution in [1.82, 2.24) is 9.13 Å². The molecule has 0 saturated carbocycles. The molecule has 3 nitrogen and oxygen atoms in total. The molecule has 0 unspecified atom stereocenters. The molecule has 266 valence electrons. The molecule has 0 spiro atoms. The van der Waals surface area contributed by atoms with Gasteiger partial charge in [0, 0.05) is 49.3 Å². The van der Waals surface area contributed by atoms with Crippen LogP contribution in [-0.4, -0.2) is 9.13 Å². The third-order valence-corrected chi connectivity index (χ3v) is 11.7. The molecule has 12 rings (SSSR count). The van der Waals surface area contributed by atoms with Gasteiger partial charge in [-0.3, -0.25) is 0 Å². The van der Waals surface area contributed by atoms with E-state index in [1.54, 1.807) is 0 Å². The van der Waals surface area contributed by atoms with E-state index in [1.807, 2.05) is 6.07 Å². The van der Waals surface area contributed by atoms with Gasteiger partial charge in [-0.25, -0.2) is 0 Å². The molecule has 3 aromatic heterocycles. The van der Waals surface area contributed by atoms with Crippen molar-refractivity contribution in [3.05, 3.63) is 206 Å². The summed E-state index contributed by atoms with van der Waals surface area (Å²) < 4.78 is 11.4. The van der Waals surface area contributed by atoms with Crippen LogP contribution in [0.25, 0.3) is 110 Å². The zero-order valence-corrected chi connectivity index (χ0v) is 30.9. The molecule has 0 aliphatic rings. The van der Waals surface area contributed by atoms with E-state index in [0.717, 1.165) is 61.0 Å². The van der Waals surface area contributed by atoms with E-state index < -0.39 is 0 Å². The largest absolute Gasteiger partial charge is 0.455 e. The van der Waals surface area contributed by atoms with Crippen molar-refractivity contribution in [1.29, 1.82) is 0 Å². The molecule has 12 aromatic rings. The summed E-state index contributed by atoms with van der Waals surface area (Å²) in [7, 11) is 0. The molecule has 0 fully saturated rings. The second-order valence-corrected chi connectivity index (χ2v) is 14.9. The lowest BCUT2D eigenvalue weighted by Gasteiger charge is -2.14. The van der Waals surface area contributed by atoms with Crippen molar-refractivity contribution in [3.8, 4) is 44.8 Å². The Hall–Kier alpha value is -7.62. The molecule has 0 N–H and O–H groups in total. The van der Waals surface area contributed by atoms with Gasteiger partial charge in [-0.1, -0.05) is 146 Å². The number of fused-ring (bicyclic) bond motifs is 9. The van der Waals surface area contributed by atoms with Crippen LogP contribution in [0.5, 0.6) is 0 Å². The highest BCUT2D eigenvalue weighted by Crippen LogP contribution is 2.43. The Labute approximate surface area is 328 Å². The third kappa shape index (κ3) is 4.86. The van der Waals surface area contributed by atoms with Gasteiger partial charge in [0.15, 0.2) is 0 Å². The number of hydrogen-bond acceptors (Lipinski definition) is 1. The number of nitrogens with zero attached hydrogens (tertiary/aromatic N) is 2. The van der Waals surface area contributed by atoms with Crippen molar-refractivity contribution in [2.75, 3.05) is 0 Å². The highest BCUT2D eigenvalue weighted by atomic mass is 16.3. The van der Waals surface area contributed by atoms with Gasteiger partial charge in [0.25, 0.3) is 0 Å². The first-order chi connectivity index (χ1) is 28.3. The maximum absolute atomic E-state index is 6.60. The minimum Gasteiger partial charge on any atom is -0.455 e. The maximum atomic E-state index is 6.60. The normalized spacial score (nSPS) is 11.9. The van der Waals surface area contributed by atoms with E-state index in [4.69, 9.17) is 4.42 Å². The molecular formula is C54H34N2O. The third-order valence-electron chi connectivity index (χ3n) is 11.7. The zero-order chi connectivity index (χ0) is 37.5. The van der Waals surface area contributed by atoms with Crippen LogP contribution in [0.4, 0.5) is 0 Å². The second-order valence-electron chi connectivity index (χ2n) is 14.9. The average Bonchev–Trinajstić information content (AvgIpc) is 3.94. The van der Waals surface area contributed by atoms with Gasteiger partial charge in [-0.15, -0.1) is 0 Å². The van der Waals surface area contributed by atoms with Crippen LogP contribution < -0.4 is 0 Å². The van der Waals surface area contributed by atoms with E-state index in [0.29, 0.717) is 0 Å². The van der Waals surface area contributed by atoms with Gasteiger partial charge in [0.1, 0.15) is 11.2 Å². The van der Waals surface area contributed by atoms with Crippen LogP contribution in [-0.2, 0) is 0 Å². The molecule has 0 amide bonds. The van der Waals surface area contributed by atoms with Gasteiger partial charge < -0.3 is 13.6 Å². The number of furan rings is 1. The van der Waals surface area contributed by atoms with Crippen LogP contribution in [0.1, 0.15) is 0 Å². The van der Waals surface area contributed by atoms with Gasteiger partial charge >= 0.3 is 0 Å². The van der Waals surface area contributed by atoms with Crippen LogP contribution in [0, 0.1) is 0 Å². The Morgan fingerprint density at radius 2 is 0.895 bits per heavy atom. The smallest absolute Gasteiger partial charge is 0.143 e. The molecule has 3 heterocycles. The van der Waals surface area contributed by atoms with E-state index in [2.05, 4.69) is 209 Å². The molecule has 0 saturated heterocycles. The zero-order valence-electron chi connectivity index (χ0n) is 30.9. The molecule has 0 aliphatic carbocycles. The predicted molar refractivity (Wildman–Crippen MR) is 239 cm³/mol. The molecule has 0 bridgehead atoms. The Morgan fingerprint density at radius 1 is 0.298 bits per heavy atom. The van der Waals surface area contributed by atoms with Gasteiger partial charge in [0.2, 0.25) is 0 Å². The fraction of sp³-hybridized carbons (Fsp3) is 0. The van der Waals surface area contributed by atoms with E-state index in [1.165, 1.54) is 49.3 Å². The van der Waals surface area contributed by atoms with E-state index >= 15 is 0 Å². The molecule has 3 heteroatoms. The average molecular weight is 727 g/mol. The first-order valence-electron chi connectivity index (χ1n) is 19.5. The first-order valence-corrected chi connectivity index (χ1v) is 19.5. The predicted octanol–water partition coefficient (Wildman–Crippen LogP) is 14.8. The van der Waals surface area contributed by atoms with E-state index in [-0.39, 0.29) is 0 Å². The fourth-order valence-corrected chi connectivity index (χ4v) is 9.20. The minimum atomic E-state index is 0.900. The van der Waals surface area contributed by atoms with Crippen molar-refractivity contribution >= 4 is 65.6 Å². The Morgan fingerprint density at radius 3 is 1.74 bits per heavy atom. The highest BCUT2D eigenvalue weighted by Gasteiger charge is 2.20. The summed E-state index contributed by atoms with van der Waals surface area (Å²) in [5.41, 5.74) is 15.7. The summed E-state index contributed by atoms with van der Waals surface area (Å²) >= 11 is 0. The van der Waals surface area contributed by atoms with Crippen molar-refractivity contribution in [2.24, 2.45) is 0 Å². The Kier molecular flexibility index (Phi) is 6.93. The monoisotopic (exact) mass is 726 g/mol. The lowest BCUT2D eigenvalue weighted by Crippen LogP contribution is -1.96. The lowest BCUT2D eigenvalue weighted by atomic mass is 9.96. The molecule has 9 aromatic carbocycles.